The number of rotatable bonds is 7. The monoisotopic (exact) mass is 518 g/mol. The fraction of sp³-hybridized carbons (Fsp3) is 0.233. The van der Waals surface area contributed by atoms with Crippen molar-refractivity contribution in [1.29, 1.82) is 0 Å². The number of aromatic nitrogens is 2. The van der Waals surface area contributed by atoms with Crippen LogP contribution in [-0.4, -0.2) is 9.72 Å². The average molecular weight is 519 g/mol. The zero-order valence-corrected chi connectivity index (χ0v) is 22.3. The van der Waals surface area contributed by atoms with Crippen LogP contribution in [0.15, 0.2) is 77.4 Å². The molecule has 5 aromatic rings. The zero-order valence-electron chi connectivity index (χ0n) is 20.8. The first-order chi connectivity index (χ1) is 17.3. The van der Waals surface area contributed by atoms with Gasteiger partial charge in [-0.05, 0) is 66.8 Å². The maximum Gasteiger partial charge on any atom is 0.146 e. The zero-order chi connectivity index (χ0) is 25.4. The summed E-state index contributed by atoms with van der Waals surface area (Å²) in [5.74, 6) is 1.66. The summed E-state index contributed by atoms with van der Waals surface area (Å²) < 4.78 is 14.2. The van der Waals surface area contributed by atoms with Gasteiger partial charge in [-0.25, -0.2) is 0 Å². The van der Waals surface area contributed by atoms with Gasteiger partial charge in [0.15, 0.2) is 0 Å². The standard InChI is InChI=1S/C30H28Cl2N2O2/c1-18(2)30-24(29(33-36-30)28-25(31)6-5-7-26(28)32)17-35-23-12-10-20(11-13-23)22-9-8-21-14-15-34(19(3)4)27(21)16-22/h5-16,18-19H,17H2,1-4H3. The lowest BCUT2D eigenvalue weighted by Gasteiger charge is -2.12. The summed E-state index contributed by atoms with van der Waals surface area (Å²) in [6.45, 7) is 8.81. The van der Waals surface area contributed by atoms with Gasteiger partial charge < -0.3 is 13.8 Å². The molecule has 2 aromatic heterocycles. The Labute approximate surface area is 221 Å². The van der Waals surface area contributed by atoms with Crippen LogP contribution < -0.4 is 4.74 Å². The molecule has 184 valence electrons. The van der Waals surface area contributed by atoms with E-state index in [9.17, 15) is 0 Å². The van der Waals surface area contributed by atoms with E-state index in [4.69, 9.17) is 32.5 Å². The van der Waals surface area contributed by atoms with E-state index in [1.807, 2.05) is 18.2 Å². The number of benzene rings is 3. The maximum atomic E-state index is 6.47. The van der Waals surface area contributed by atoms with Crippen molar-refractivity contribution in [3.63, 3.8) is 0 Å². The Balaban J connectivity index is 1.40. The van der Waals surface area contributed by atoms with Gasteiger partial charge in [-0.1, -0.05) is 72.5 Å². The van der Waals surface area contributed by atoms with Crippen molar-refractivity contribution < 1.29 is 9.26 Å². The van der Waals surface area contributed by atoms with Gasteiger partial charge in [-0.3, -0.25) is 0 Å². The van der Waals surface area contributed by atoms with E-state index in [-0.39, 0.29) is 5.92 Å². The fourth-order valence-electron chi connectivity index (χ4n) is 4.51. The van der Waals surface area contributed by atoms with Gasteiger partial charge >= 0.3 is 0 Å². The van der Waals surface area contributed by atoms with Crippen molar-refractivity contribution in [3.05, 3.63) is 94.3 Å². The molecule has 6 heteroatoms. The number of hydrogen-bond acceptors (Lipinski definition) is 3. The van der Waals surface area contributed by atoms with E-state index >= 15 is 0 Å². The smallest absolute Gasteiger partial charge is 0.146 e. The van der Waals surface area contributed by atoms with Crippen LogP contribution in [0.3, 0.4) is 0 Å². The number of fused-ring (bicyclic) bond motifs is 1. The molecule has 3 aromatic carbocycles. The lowest BCUT2D eigenvalue weighted by Crippen LogP contribution is -2.01. The predicted molar refractivity (Wildman–Crippen MR) is 148 cm³/mol. The molecule has 0 fully saturated rings. The second kappa shape index (κ2) is 10.0. The van der Waals surface area contributed by atoms with E-state index in [0.717, 1.165) is 22.6 Å². The number of ether oxygens (including phenoxy) is 1. The van der Waals surface area contributed by atoms with Crippen molar-refractivity contribution >= 4 is 34.1 Å². The van der Waals surface area contributed by atoms with Crippen molar-refractivity contribution in [1.82, 2.24) is 9.72 Å². The van der Waals surface area contributed by atoms with E-state index in [0.29, 0.717) is 34.0 Å². The third kappa shape index (κ3) is 4.63. The fourth-order valence-corrected chi connectivity index (χ4v) is 5.09. The van der Waals surface area contributed by atoms with E-state index in [1.165, 1.54) is 16.5 Å². The minimum absolute atomic E-state index is 0.133. The van der Waals surface area contributed by atoms with Gasteiger partial charge in [0.05, 0.1) is 15.6 Å². The van der Waals surface area contributed by atoms with Crippen LogP contribution in [-0.2, 0) is 6.61 Å². The van der Waals surface area contributed by atoms with Gasteiger partial charge in [-0.2, -0.15) is 0 Å². The van der Waals surface area contributed by atoms with Gasteiger partial charge in [0.2, 0.25) is 0 Å². The quantitative estimate of drug-likeness (QED) is 0.215. The molecule has 0 saturated carbocycles. The van der Waals surface area contributed by atoms with Crippen molar-refractivity contribution in [2.75, 3.05) is 0 Å². The second-order valence-corrected chi connectivity index (χ2v) is 10.3. The molecule has 0 N–H and O–H groups in total. The Hall–Kier alpha value is -3.21. The summed E-state index contributed by atoms with van der Waals surface area (Å²) >= 11 is 12.9. The Morgan fingerprint density at radius 3 is 2.25 bits per heavy atom. The first-order valence-corrected chi connectivity index (χ1v) is 12.9. The molecule has 36 heavy (non-hydrogen) atoms. The molecule has 4 nitrogen and oxygen atoms in total. The third-order valence-electron chi connectivity index (χ3n) is 6.39. The Bertz CT molecular complexity index is 1490. The van der Waals surface area contributed by atoms with E-state index in [2.05, 4.69) is 80.0 Å². The highest BCUT2D eigenvalue weighted by molar-refractivity contribution is 6.39. The number of halogens is 2. The summed E-state index contributed by atoms with van der Waals surface area (Å²) in [7, 11) is 0. The summed E-state index contributed by atoms with van der Waals surface area (Å²) in [5.41, 5.74) is 5.68. The van der Waals surface area contributed by atoms with E-state index in [1.54, 1.807) is 12.1 Å². The van der Waals surface area contributed by atoms with Crippen LogP contribution in [0.2, 0.25) is 10.0 Å². The van der Waals surface area contributed by atoms with Gasteiger partial charge in [0, 0.05) is 29.2 Å². The first-order valence-electron chi connectivity index (χ1n) is 12.1. The highest BCUT2D eigenvalue weighted by Gasteiger charge is 2.23. The molecule has 0 unspecified atom stereocenters. The first kappa shape index (κ1) is 24.5. The molecule has 0 radical (unpaired) electrons. The van der Waals surface area contributed by atoms with Crippen molar-refractivity contribution in [2.45, 2.75) is 46.3 Å². The number of nitrogens with zero attached hydrogens (tertiary/aromatic N) is 2. The van der Waals surface area contributed by atoms with Crippen molar-refractivity contribution in [3.8, 4) is 28.1 Å². The molecule has 0 saturated heterocycles. The molecule has 0 aliphatic heterocycles. The van der Waals surface area contributed by atoms with Crippen LogP contribution in [0.4, 0.5) is 0 Å². The highest BCUT2D eigenvalue weighted by Crippen LogP contribution is 2.39. The van der Waals surface area contributed by atoms with Crippen LogP contribution >= 0.6 is 23.2 Å². The molecule has 0 aliphatic rings. The van der Waals surface area contributed by atoms with Gasteiger partial charge in [0.25, 0.3) is 0 Å². The average Bonchev–Trinajstić information content (AvgIpc) is 3.47. The third-order valence-corrected chi connectivity index (χ3v) is 7.02. The van der Waals surface area contributed by atoms with Crippen LogP contribution in [0.25, 0.3) is 33.3 Å². The predicted octanol–water partition coefficient (Wildman–Crippen LogP) is 9.55. The van der Waals surface area contributed by atoms with Crippen LogP contribution in [0.1, 0.15) is 51.0 Å². The molecule has 5 rings (SSSR count). The Kier molecular flexibility index (Phi) is 6.83. The molecule has 0 bridgehead atoms. The topological polar surface area (TPSA) is 40.2 Å². The lowest BCUT2D eigenvalue weighted by molar-refractivity contribution is 0.298. The summed E-state index contributed by atoms with van der Waals surface area (Å²) in [4.78, 5) is 0. The molecule has 0 amide bonds. The molecular weight excluding hydrogens is 491 g/mol. The summed E-state index contributed by atoms with van der Waals surface area (Å²) in [5, 5.41) is 6.61. The maximum absolute atomic E-state index is 6.47. The second-order valence-electron chi connectivity index (χ2n) is 9.53. The van der Waals surface area contributed by atoms with Gasteiger partial charge in [0.1, 0.15) is 23.8 Å². The Morgan fingerprint density at radius 2 is 1.58 bits per heavy atom. The van der Waals surface area contributed by atoms with Crippen molar-refractivity contribution in [2.24, 2.45) is 0 Å². The summed E-state index contributed by atoms with van der Waals surface area (Å²) in [6.07, 6.45) is 2.15. The molecule has 2 heterocycles. The molecule has 0 spiro atoms. The minimum atomic E-state index is 0.133. The minimum Gasteiger partial charge on any atom is -0.489 e. The lowest BCUT2D eigenvalue weighted by atomic mass is 10.0. The van der Waals surface area contributed by atoms with Crippen LogP contribution in [0.5, 0.6) is 5.75 Å². The largest absolute Gasteiger partial charge is 0.489 e. The van der Waals surface area contributed by atoms with Gasteiger partial charge in [-0.15, -0.1) is 0 Å². The van der Waals surface area contributed by atoms with Crippen LogP contribution in [0, 0.1) is 0 Å². The summed E-state index contributed by atoms with van der Waals surface area (Å²) in [6, 6.07) is 22.7. The molecule has 0 atom stereocenters. The SMILES string of the molecule is CC(C)c1onc(-c2c(Cl)cccc2Cl)c1COc1ccc(-c2ccc3ccn(C(C)C)c3c2)cc1. The Morgan fingerprint density at radius 1 is 0.889 bits per heavy atom. The normalized spacial score (nSPS) is 11.7. The molecular formula is C30H28Cl2N2O2. The molecule has 0 aliphatic carbocycles. The highest BCUT2D eigenvalue weighted by atomic mass is 35.5. The van der Waals surface area contributed by atoms with E-state index < -0.39 is 0 Å². The number of hydrogen-bond donors (Lipinski definition) is 0.